The number of methoxy groups -OCH3 is 1. The number of rotatable bonds is 3. The molecule has 0 aliphatic rings. The van der Waals surface area contributed by atoms with E-state index in [1.807, 2.05) is 6.07 Å². The molecule has 0 saturated carbocycles. The van der Waals surface area contributed by atoms with Gasteiger partial charge in [0, 0.05) is 11.1 Å². The Labute approximate surface area is 120 Å². The first kappa shape index (κ1) is 12.7. The summed E-state index contributed by atoms with van der Waals surface area (Å²) >= 11 is 0. The average molecular weight is 278 g/mol. The van der Waals surface area contributed by atoms with Gasteiger partial charge in [0.2, 0.25) is 0 Å². The van der Waals surface area contributed by atoms with Gasteiger partial charge in [-0.05, 0) is 24.3 Å². The maximum Gasteiger partial charge on any atom is 0.183 e. The van der Waals surface area contributed by atoms with Crippen molar-refractivity contribution in [3.05, 3.63) is 42.2 Å². The highest BCUT2D eigenvalue weighted by atomic mass is 16.5. The van der Waals surface area contributed by atoms with Crippen LogP contribution in [0, 0.1) is 11.3 Å². The monoisotopic (exact) mass is 278 g/mol. The summed E-state index contributed by atoms with van der Waals surface area (Å²) < 4.78 is 5.12. The van der Waals surface area contributed by atoms with Gasteiger partial charge in [-0.25, -0.2) is 4.98 Å². The summed E-state index contributed by atoms with van der Waals surface area (Å²) in [5, 5.41) is 23.6. The first-order chi connectivity index (χ1) is 10.3. The molecule has 1 N–H and O–H groups in total. The van der Waals surface area contributed by atoms with Gasteiger partial charge in [-0.15, -0.1) is 0 Å². The van der Waals surface area contributed by atoms with Crippen molar-refractivity contribution < 1.29 is 4.74 Å². The number of aromatic amines is 1. The molecule has 0 unspecified atom stereocenters. The van der Waals surface area contributed by atoms with Gasteiger partial charge in [-0.1, -0.05) is 0 Å². The molecular formula is C14H10N6O. The van der Waals surface area contributed by atoms with Crippen LogP contribution in [0.5, 0.6) is 5.75 Å². The summed E-state index contributed by atoms with van der Waals surface area (Å²) in [6, 6.07) is 9.11. The quantitative estimate of drug-likeness (QED) is 0.784. The summed E-state index contributed by atoms with van der Waals surface area (Å²) in [5.41, 5.74) is 1.97. The number of hydrogen-bond donors (Lipinski definition) is 1. The maximum absolute atomic E-state index is 9.11. The number of hydrogen-bond acceptors (Lipinski definition) is 6. The Bertz CT molecular complexity index is 806. The molecular weight excluding hydrogens is 268 g/mol. The molecule has 1 aromatic carbocycles. The fourth-order valence-corrected chi connectivity index (χ4v) is 1.89. The molecule has 3 aromatic rings. The predicted octanol–water partition coefficient (Wildman–Crippen LogP) is 1.81. The molecule has 102 valence electrons. The van der Waals surface area contributed by atoms with E-state index in [0.717, 1.165) is 11.1 Å². The van der Waals surface area contributed by atoms with Crippen LogP contribution >= 0.6 is 0 Å². The molecule has 0 spiro atoms. The number of ether oxygens (including phenoxy) is 1. The van der Waals surface area contributed by atoms with E-state index in [1.165, 1.54) is 7.11 Å². The molecule has 2 heterocycles. The second kappa shape index (κ2) is 5.38. The molecule has 0 radical (unpaired) electrons. The minimum absolute atomic E-state index is 0.443. The summed E-state index contributed by atoms with van der Waals surface area (Å²) in [5.74, 6) is 1.62. The van der Waals surface area contributed by atoms with Crippen molar-refractivity contribution in [3.8, 4) is 34.6 Å². The van der Waals surface area contributed by atoms with E-state index in [1.54, 1.807) is 30.6 Å². The second-order valence-corrected chi connectivity index (χ2v) is 4.17. The van der Waals surface area contributed by atoms with Crippen molar-refractivity contribution in [2.45, 2.75) is 0 Å². The molecule has 0 bridgehead atoms. The van der Waals surface area contributed by atoms with Gasteiger partial charge in [-0.3, -0.25) is 5.10 Å². The lowest BCUT2D eigenvalue weighted by Gasteiger charge is -2.03. The summed E-state index contributed by atoms with van der Waals surface area (Å²) in [4.78, 5) is 4.40. The van der Waals surface area contributed by atoms with Gasteiger partial charge in [-0.2, -0.15) is 20.6 Å². The van der Waals surface area contributed by atoms with E-state index in [0.29, 0.717) is 23.0 Å². The number of benzene rings is 1. The van der Waals surface area contributed by atoms with Crippen LogP contribution in [-0.4, -0.2) is 32.5 Å². The highest BCUT2D eigenvalue weighted by molar-refractivity contribution is 5.64. The topological polar surface area (TPSA) is 100 Å². The first-order valence-corrected chi connectivity index (χ1v) is 6.10. The lowest BCUT2D eigenvalue weighted by Crippen LogP contribution is -1.89. The molecule has 0 aliphatic carbocycles. The molecule has 3 rings (SSSR count). The Kier molecular flexibility index (Phi) is 3.27. The van der Waals surface area contributed by atoms with E-state index >= 15 is 0 Å². The molecule has 0 fully saturated rings. The van der Waals surface area contributed by atoms with Crippen LogP contribution in [0.1, 0.15) is 5.56 Å². The Morgan fingerprint density at radius 2 is 2.10 bits per heavy atom. The Morgan fingerprint density at radius 1 is 1.19 bits per heavy atom. The number of nitriles is 1. The van der Waals surface area contributed by atoms with Crippen LogP contribution in [0.25, 0.3) is 22.8 Å². The SMILES string of the molecule is COc1ccc(-c2nc(-c3ccnnc3)n[nH]2)cc1C#N. The molecule has 0 atom stereocenters. The Morgan fingerprint density at radius 3 is 2.81 bits per heavy atom. The van der Waals surface area contributed by atoms with Crippen molar-refractivity contribution >= 4 is 0 Å². The molecule has 0 amide bonds. The van der Waals surface area contributed by atoms with E-state index in [-0.39, 0.29) is 0 Å². The third-order valence-corrected chi connectivity index (χ3v) is 2.92. The van der Waals surface area contributed by atoms with Crippen LogP contribution in [0.15, 0.2) is 36.7 Å². The molecule has 0 saturated heterocycles. The normalized spacial score (nSPS) is 10.1. The van der Waals surface area contributed by atoms with E-state index in [2.05, 4.69) is 31.4 Å². The van der Waals surface area contributed by atoms with Crippen molar-refractivity contribution in [1.82, 2.24) is 25.4 Å². The number of aromatic nitrogens is 5. The smallest absolute Gasteiger partial charge is 0.183 e. The minimum Gasteiger partial charge on any atom is -0.495 e. The van der Waals surface area contributed by atoms with Crippen LogP contribution < -0.4 is 4.74 Å². The fraction of sp³-hybridized carbons (Fsp3) is 0.0714. The van der Waals surface area contributed by atoms with Gasteiger partial charge in [0.25, 0.3) is 0 Å². The van der Waals surface area contributed by atoms with Gasteiger partial charge in [0.1, 0.15) is 11.8 Å². The van der Waals surface area contributed by atoms with Crippen molar-refractivity contribution in [2.24, 2.45) is 0 Å². The van der Waals surface area contributed by atoms with Crippen molar-refractivity contribution in [1.29, 1.82) is 5.26 Å². The van der Waals surface area contributed by atoms with Gasteiger partial charge < -0.3 is 4.74 Å². The lowest BCUT2D eigenvalue weighted by atomic mass is 10.1. The van der Waals surface area contributed by atoms with E-state index in [9.17, 15) is 0 Å². The second-order valence-electron chi connectivity index (χ2n) is 4.17. The van der Waals surface area contributed by atoms with Crippen LogP contribution in [0.2, 0.25) is 0 Å². The zero-order valence-corrected chi connectivity index (χ0v) is 11.1. The number of nitrogens with one attached hydrogen (secondary N) is 1. The van der Waals surface area contributed by atoms with Crippen LogP contribution in [-0.2, 0) is 0 Å². The third-order valence-electron chi connectivity index (χ3n) is 2.92. The predicted molar refractivity (Wildman–Crippen MR) is 74.1 cm³/mol. The Hall–Kier alpha value is -3.27. The highest BCUT2D eigenvalue weighted by Crippen LogP contribution is 2.25. The van der Waals surface area contributed by atoms with Crippen molar-refractivity contribution in [3.63, 3.8) is 0 Å². The van der Waals surface area contributed by atoms with Gasteiger partial charge in [0.05, 0.1) is 25.1 Å². The van der Waals surface area contributed by atoms with Crippen LogP contribution in [0.4, 0.5) is 0 Å². The summed E-state index contributed by atoms with van der Waals surface area (Å²) in [6.07, 6.45) is 3.16. The number of H-pyrrole nitrogens is 1. The standard InChI is InChI=1S/C14H10N6O/c1-21-12-3-2-9(6-11(12)7-15)13-18-14(20-19-13)10-4-5-16-17-8-10/h2-6,8H,1H3,(H,18,19,20). The average Bonchev–Trinajstić information content (AvgIpc) is 3.05. The molecule has 0 aliphatic heterocycles. The fourth-order valence-electron chi connectivity index (χ4n) is 1.89. The largest absolute Gasteiger partial charge is 0.495 e. The minimum atomic E-state index is 0.443. The van der Waals surface area contributed by atoms with Crippen molar-refractivity contribution in [2.75, 3.05) is 7.11 Å². The van der Waals surface area contributed by atoms with Crippen LogP contribution in [0.3, 0.4) is 0 Å². The number of nitrogens with zero attached hydrogens (tertiary/aromatic N) is 5. The first-order valence-electron chi connectivity index (χ1n) is 6.10. The zero-order valence-electron chi connectivity index (χ0n) is 11.1. The van der Waals surface area contributed by atoms with E-state index in [4.69, 9.17) is 10.00 Å². The summed E-state index contributed by atoms with van der Waals surface area (Å²) in [6.45, 7) is 0. The zero-order chi connectivity index (χ0) is 14.7. The molecule has 7 heteroatoms. The Balaban J connectivity index is 1.99. The van der Waals surface area contributed by atoms with E-state index < -0.39 is 0 Å². The molecule has 2 aromatic heterocycles. The maximum atomic E-state index is 9.11. The summed E-state index contributed by atoms with van der Waals surface area (Å²) in [7, 11) is 1.53. The highest BCUT2D eigenvalue weighted by Gasteiger charge is 2.10. The molecule has 7 nitrogen and oxygen atoms in total. The van der Waals surface area contributed by atoms with Gasteiger partial charge >= 0.3 is 0 Å². The third kappa shape index (κ3) is 2.42. The molecule has 21 heavy (non-hydrogen) atoms. The lowest BCUT2D eigenvalue weighted by molar-refractivity contribution is 0.413. The van der Waals surface area contributed by atoms with Gasteiger partial charge in [0.15, 0.2) is 11.6 Å².